The minimum Gasteiger partial charge on any atom is -0.511 e. The fraction of sp³-hybridized carbons (Fsp3) is 0.500. The molecule has 0 saturated heterocycles. The standard InChI is InChI=1S/C6H7NO/c7-4-5-2-1-3-6(5)8/h8H,1-3H2. The smallest absolute Gasteiger partial charge is 0.106 e. The van der Waals surface area contributed by atoms with Gasteiger partial charge in [0.1, 0.15) is 5.76 Å². The average molecular weight is 109 g/mol. The zero-order valence-electron chi connectivity index (χ0n) is 4.52. The molecule has 0 bridgehead atoms. The molecule has 0 amide bonds. The van der Waals surface area contributed by atoms with Crippen molar-refractivity contribution < 1.29 is 5.11 Å². The Hall–Kier alpha value is -0.970. The first-order valence-corrected chi connectivity index (χ1v) is 2.65. The van der Waals surface area contributed by atoms with Gasteiger partial charge in [-0.05, 0) is 12.8 Å². The summed E-state index contributed by atoms with van der Waals surface area (Å²) in [5.74, 6) is 0.299. The van der Waals surface area contributed by atoms with Crippen LogP contribution in [0.3, 0.4) is 0 Å². The van der Waals surface area contributed by atoms with Crippen LogP contribution in [0.15, 0.2) is 11.3 Å². The van der Waals surface area contributed by atoms with E-state index in [2.05, 4.69) is 0 Å². The fourth-order valence-corrected chi connectivity index (χ4v) is 0.848. The number of nitriles is 1. The molecule has 1 rings (SSSR count). The molecule has 1 aliphatic rings. The topological polar surface area (TPSA) is 44.0 Å². The van der Waals surface area contributed by atoms with E-state index in [0.717, 1.165) is 12.8 Å². The Morgan fingerprint density at radius 3 is 2.50 bits per heavy atom. The van der Waals surface area contributed by atoms with Crippen molar-refractivity contribution in [3.05, 3.63) is 11.3 Å². The first-order valence-electron chi connectivity index (χ1n) is 2.65. The molecule has 0 fully saturated rings. The van der Waals surface area contributed by atoms with Crippen LogP contribution in [0, 0.1) is 11.3 Å². The summed E-state index contributed by atoms with van der Waals surface area (Å²) in [4.78, 5) is 0. The third kappa shape index (κ3) is 0.671. The average Bonchev–Trinajstić information content (AvgIpc) is 2.14. The maximum atomic E-state index is 8.85. The molecule has 0 unspecified atom stereocenters. The van der Waals surface area contributed by atoms with Gasteiger partial charge in [0.25, 0.3) is 0 Å². The Labute approximate surface area is 48.1 Å². The molecule has 0 aromatic rings. The number of aliphatic hydroxyl groups excluding tert-OH is 1. The zero-order chi connectivity index (χ0) is 5.98. The molecule has 0 aromatic heterocycles. The Bertz CT molecular complexity index is 164. The summed E-state index contributed by atoms with van der Waals surface area (Å²) < 4.78 is 0. The van der Waals surface area contributed by atoms with Crippen molar-refractivity contribution in [1.82, 2.24) is 0 Å². The molecule has 0 saturated carbocycles. The third-order valence-corrected chi connectivity index (χ3v) is 1.32. The van der Waals surface area contributed by atoms with Gasteiger partial charge in [0, 0.05) is 6.42 Å². The highest BCUT2D eigenvalue weighted by Gasteiger charge is 2.11. The van der Waals surface area contributed by atoms with E-state index in [0.29, 0.717) is 17.8 Å². The predicted octanol–water partition coefficient (Wildman–Crippen LogP) is 1.51. The second kappa shape index (κ2) is 1.87. The van der Waals surface area contributed by atoms with E-state index in [-0.39, 0.29) is 0 Å². The van der Waals surface area contributed by atoms with Crippen molar-refractivity contribution >= 4 is 0 Å². The quantitative estimate of drug-likeness (QED) is 0.512. The van der Waals surface area contributed by atoms with Crippen molar-refractivity contribution in [1.29, 1.82) is 5.26 Å². The Morgan fingerprint density at radius 1 is 1.50 bits per heavy atom. The van der Waals surface area contributed by atoms with Crippen LogP contribution in [0.2, 0.25) is 0 Å². The first kappa shape index (κ1) is 5.17. The molecular weight excluding hydrogens is 102 g/mol. The molecular formula is C6H7NO. The summed E-state index contributed by atoms with van der Waals surface area (Å²) >= 11 is 0. The van der Waals surface area contributed by atoms with Crippen molar-refractivity contribution in [2.24, 2.45) is 0 Å². The molecule has 2 nitrogen and oxygen atoms in total. The molecule has 0 heterocycles. The van der Waals surface area contributed by atoms with E-state index in [1.54, 1.807) is 0 Å². The van der Waals surface area contributed by atoms with Crippen molar-refractivity contribution in [3.8, 4) is 6.07 Å². The normalized spacial score (nSPS) is 18.9. The number of hydrogen-bond acceptors (Lipinski definition) is 2. The Balaban J connectivity index is 2.77. The Morgan fingerprint density at radius 2 is 2.25 bits per heavy atom. The van der Waals surface area contributed by atoms with Gasteiger partial charge in [-0.2, -0.15) is 5.26 Å². The van der Waals surface area contributed by atoms with Crippen molar-refractivity contribution in [2.45, 2.75) is 19.3 Å². The molecule has 42 valence electrons. The predicted molar refractivity (Wildman–Crippen MR) is 29.1 cm³/mol. The molecule has 1 aliphatic carbocycles. The van der Waals surface area contributed by atoms with Crippen LogP contribution in [0.1, 0.15) is 19.3 Å². The second-order valence-corrected chi connectivity index (χ2v) is 1.89. The lowest BCUT2D eigenvalue weighted by Crippen LogP contribution is -1.74. The van der Waals surface area contributed by atoms with E-state index in [9.17, 15) is 0 Å². The summed E-state index contributed by atoms with van der Waals surface area (Å²) in [6, 6.07) is 1.94. The number of rotatable bonds is 0. The SMILES string of the molecule is N#CC1=C(O)CCC1. The molecule has 0 aliphatic heterocycles. The molecule has 2 heteroatoms. The number of nitrogens with zero attached hydrogens (tertiary/aromatic N) is 1. The summed E-state index contributed by atoms with van der Waals surface area (Å²) in [5.41, 5.74) is 0.574. The van der Waals surface area contributed by atoms with Gasteiger partial charge in [-0.25, -0.2) is 0 Å². The van der Waals surface area contributed by atoms with Gasteiger partial charge < -0.3 is 5.11 Å². The van der Waals surface area contributed by atoms with Gasteiger partial charge in [0.15, 0.2) is 0 Å². The van der Waals surface area contributed by atoms with E-state index < -0.39 is 0 Å². The lowest BCUT2D eigenvalue weighted by atomic mass is 10.3. The number of allylic oxidation sites excluding steroid dienone is 2. The van der Waals surface area contributed by atoms with E-state index >= 15 is 0 Å². The molecule has 0 aromatic carbocycles. The third-order valence-electron chi connectivity index (χ3n) is 1.32. The summed E-state index contributed by atoms with van der Waals surface area (Å²) in [5, 5.41) is 17.1. The number of aliphatic hydroxyl groups is 1. The molecule has 0 radical (unpaired) electrons. The van der Waals surface area contributed by atoms with Gasteiger partial charge in [-0.15, -0.1) is 0 Å². The Kier molecular flexibility index (Phi) is 1.21. The zero-order valence-corrected chi connectivity index (χ0v) is 4.52. The second-order valence-electron chi connectivity index (χ2n) is 1.89. The summed E-state index contributed by atoms with van der Waals surface area (Å²) in [7, 11) is 0. The minimum absolute atomic E-state index is 0.299. The maximum Gasteiger partial charge on any atom is 0.106 e. The van der Waals surface area contributed by atoms with Gasteiger partial charge >= 0.3 is 0 Å². The van der Waals surface area contributed by atoms with Crippen LogP contribution in [0.25, 0.3) is 0 Å². The largest absolute Gasteiger partial charge is 0.511 e. The highest BCUT2D eigenvalue weighted by atomic mass is 16.3. The van der Waals surface area contributed by atoms with Gasteiger partial charge in [0.05, 0.1) is 11.6 Å². The highest BCUT2D eigenvalue weighted by molar-refractivity contribution is 5.27. The van der Waals surface area contributed by atoms with Crippen LogP contribution in [-0.4, -0.2) is 5.11 Å². The van der Waals surface area contributed by atoms with Crippen LogP contribution in [-0.2, 0) is 0 Å². The van der Waals surface area contributed by atoms with E-state index in [1.165, 1.54) is 0 Å². The van der Waals surface area contributed by atoms with Gasteiger partial charge in [-0.1, -0.05) is 0 Å². The molecule has 0 spiro atoms. The van der Waals surface area contributed by atoms with E-state index in [4.69, 9.17) is 10.4 Å². The van der Waals surface area contributed by atoms with Crippen LogP contribution >= 0.6 is 0 Å². The lowest BCUT2D eigenvalue weighted by molar-refractivity contribution is 0.395. The molecule has 8 heavy (non-hydrogen) atoms. The molecule has 0 atom stereocenters. The fourth-order valence-electron chi connectivity index (χ4n) is 0.848. The minimum atomic E-state index is 0.299. The monoisotopic (exact) mass is 109 g/mol. The van der Waals surface area contributed by atoms with E-state index in [1.807, 2.05) is 6.07 Å². The maximum absolute atomic E-state index is 8.85. The van der Waals surface area contributed by atoms with Gasteiger partial charge in [0.2, 0.25) is 0 Å². The van der Waals surface area contributed by atoms with Crippen LogP contribution < -0.4 is 0 Å². The number of hydrogen-bond donors (Lipinski definition) is 1. The van der Waals surface area contributed by atoms with Crippen LogP contribution in [0.5, 0.6) is 0 Å². The first-order chi connectivity index (χ1) is 3.84. The summed E-state index contributed by atoms with van der Waals surface area (Å²) in [6.45, 7) is 0. The van der Waals surface area contributed by atoms with Crippen LogP contribution in [0.4, 0.5) is 0 Å². The highest BCUT2D eigenvalue weighted by Crippen LogP contribution is 2.22. The van der Waals surface area contributed by atoms with Crippen molar-refractivity contribution in [2.75, 3.05) is 0 Å². The lowest BCUT2D eigenvalue weighted by Gasteiger charge is -1.84. The summed E-state index contributed by atoms with van der Waals surface area (Å²) in [6.07, 6.45) is 2.40. The van der Waals surface area contributed by atoms with Gasteiger partial charge in [-0.3, -0.25) is 0 Å². The molecule has 1 N–H and O–H groups in total. The van der Waals surface area contributed by atoms with Crippen molar-refractivity contribution in [3.63, 3.8) is 0 Å².